The summed E-state index contributed by atoms with van der Waals surface area (Å²) in [5, 5.41) is 15.2. The van der Waals surface area contributed by atoms with Crippen molar-refractivity contribution in [3.63, 3.8) is 0 Å². The van der Waals surface area contributed by atoms with Crippen molar-refractivity contribution in [3.05, 3.63) is 76.3 Å². The van der Waals surface area contributed by atoms with E-state index in [2.05, 4.69) is 15.2 Å². The summed E-state index contributed by atoms with van der Waals surface area (Å²) >= 11 is 5.71. The molecule has 3 aromatic rings. The average Bonchev–Trinajstić information content (AvgIpc) is 3.61. The summed E-state index contributed by atoms with van der Waals surface area (Å²) in [4.78, 5) is 17.4. The van der Waals surface area contributed by atoms with Gasteiger partial charge in [0.15, 0.2) is 5.11 Å². The number of nitrogens with zero attached hydrogens (tertiary/aromatic N) is 3. The van der Waals surface area contributed by atoms with E-state index in [9.17, 15) is 10.1 Å². The Labute approximate surface area is 201 Å². The number of aromatic nitrogens is 1. The molecule has 2 aliphatic rings. The van der Waals surface area contributed by atoms with Crippen LogP contribution >= 0.6 is 12.2 Å². The molecule has 10 heteroatoms. The van der Waals surface area contributed by atoms with Crippen LogP contribution < -0.4 is 10.1 Å². The van der Waals surface area contributed by atoms with E-state index in [1.54, 1.807) is 12.3 Å². The zero-order valence-corrected chi connectivity index (χ0v) is 19.4. The lowest BCUT2D eigenvalue weighted by Gasteiger charge is -2.28. The van der Waals surface area contributed by atoms with Crippen LogP contribution in [-0.4, -0.2) is 46.3 Å². The molecule has 0 amide bonds. The minimum absolute atomic E-state index is 0.0457. The molecule has 0 spiro atoms. The minimum atomic E-state index is -0.453. The van der Waals surface area contributed by atoms with Crippen LogP contribution in [0.2, 0.25) is 0 Å². The first kappa shape index (κ1) is 22.3. The Kier molecular flexibility index (Phi) is 6.16. The third-order valence-corrected chi connectivity index (χ3v) is 6.55. The van der Waals surface area contributed by atoms with E-state index in [0.717, 1.165) is 25.1 Å². The monoisotopic (exact) mass is 480 g/mol. The van der Waals surface area contributed by atoms with E-state index in [4.69, 9.17) is 26.1 Å². The first-order valence-corrected chi connectivity index (χ1v) is 11.5. The lowest BCUT2D eigenvalue weighted by Crippen LogP contribution is -2.36. The lowest BCUT2D eigenvalue weighted by molar-refractivity contribution is -0.384. The maximum Gasteiger partial charge on any atom is 0.273 e. The maximum absolute atomic E-state index is 11.2. The summed E-state index contributed by atoms with van der Waals surface area (Å²) in [6.07, 6.45) is 3.89. The first-order valence-electron chi connectivity index (χ1n) is 11.1. The quantitative estimate of drug-likeness (QED) is 0.299. The predicted octanol–water partition coefficient (Wildman–Crippen LogP) is 4.41. The number of thiocarbonyl (C=S) groups is 1. The van der Waals surface area contributed by atoms with Gasteiger partial charge < -0.3 is 24.1 Å². The van der Waals surface area contributed by atoms with Crippen LogP contribution in [-0.2, 0) is 4.74 Å². The van der Waals surface area contributed by atoms with Crippen LogP contribution in [0.15, 0.2) is 59.1 Å². The van der Waals surface area contributed by atoms with Crippen molar-refractivity contribution in [1.82, 2.24) is 15.2 Å². The molecule has 0 radical (unpaired) electrons. The maximum atomic E-state index is 11.2. The molecule has 34 heavy (non-hydrogen) atoms. The molecule has 4 heterocycles. The van der Waals surface area contributed by atoms with Gasteiger partial charge in [-0.1, -0.05) is 6.07 Å². The molecular weight excluding hydrogens is 456 g/mol. The number of nitro groups is 1. The van der Waals surface area contributed by atoms with Crippen LogP contribution in [0.5, 0.6) is 5.75 Å². The van der Waals surface area contributed by atoms with Gasteiger partial charge in [-0.15, -0.1) is 0 Å². The molecule has 176 valence electrons. The standard InChI is InChI=1S/C24H24N4O5S/c1-31-21-13-15(28(29)30)7-8-17(21)19-9-10-20(33-19)23-22(18-6-2-3-11-25-18)26-24(34)27(23)14-16-5-4-12-32-16/h2-3,6-11,13,16,22-23H,4-5,12,14H2,1H3,(H,26,34)/t16-,22-,23-/m0/s1. The number of furan rings is 1. The molecule has 3 atom stereocenters. The van der Waals surface area contributed by atoms with Crippen molar-refractivity contribution in [2.24, 2.45) is 0 Å². The van der Waals surface area contributed by atoms with Gasteiger partial charge >= 0.3 is 0 Å². The second-order valence-electron chi connectivity index (χ2n) is 8.26. The number of hydrogen-bond donors (Lipinski definition) is 1. The Morgan fingerprint density at radius 1 is 1.29 bits per heavy atom. The number of nitro benzene ring substituents is 1. The van der Waals surface area contributed by atoms with Crippen molar-refractivity contribution in [3.8, 4) is 17.1 Å². The van der Waals surface area contributed by atoms with Crippen molar-refractivity contribution in [1.29, 1.82) is 0 Å². The van der Waals surface area contributed by atoms with Crippen molar-refractivity contribution < 1.29 is 18.8 Å². The summed E-state index contributed by atoms with van der Waals surface area (Å²) in [6, 6.07) is 13.6. The van der Waals surface area contributed by atoms with Gasteiger partial charge in [0.25, 0.3) is 5.69 Å². The van der Waals surface area contributed by atoms with Crippen LogP contribution in [0.25, 0.3) is 11.3 Å². The van der Waals surface area contributed by atoms with Gasteiger partial charge in [0.05, 0.1) is 41.5 Å². The number of methoxy groups -OCH3 is 1. The van der Waals surface area contributed by atoms with Gasteiger partial charge in [-0.25, -0.2) is 0 Å². The Bertz CT molecular complexity index is 1200. The number of ether oxygens (including phenoxy) is 2. The third kappa shape index (κ3) is 4.22. The highest BCUT2D eigenvalue weighted by Crippen LogP contribution is 2.42. The van der Waals surface area contributed by atoms with Crippen molar-refractivity contribution in [2.45, 2.75) is 31.0 Å². The number of rotatable bonds is 7. The van der Waals surface area contributed by atoms with Crippen molar-refractivity contribution in [2.75, 3.05) is 20.3 Å². The molecule has 0 aliphatic carbocycles. The topological polar surface area (TPSA) is 103 Å². The summed E-state index contributed by atoms with van der Waals surface area (Å²) in [7, 11) is 1.48. The second kappa shape index (κ2) is 9.40. The smallest absolute Gasteiger partial charge is 0.273 e. The van der Waals surface area contributed by atoms with Crippen LogP contribution in [0.1, 0.15) is 36.4 Å². The van der Waals surface area contributed by atoms with Gasteiger partial charge in [0.2, 0.25) is 0 Å². The normalized spacial score (nSPS) is 22.1. The molecule has 2 aliphatic heterocycles. The van der Waals surface area contributed by atoms with Gasteiger partial charge in [0.1, 0.15) is 23.3 Å². The van der Waals surface area contributed by atoms with Crippen molar-refractivity contribution >= 4 is 23.0 Å². The summed E-state index contributed by atoms with van der Waals surface area (Å²) in [5.74, 6) is 1.63. The van der Waals surface area contributed by atoms with Crippen LogP contribution in [0, 0.1) is 10.1 Å². The van der Waals surface area contributed by atoms with Crippen LogP contribution in [0.3, 0.4) is 0 Å². The summed E-state index contributed by atoms with van der Waals surface area (Å²) in [6.45, 7) is 1.41. The summed E-state index contributed by atoms with van der Waals surface area (Å²) < 4.78 is 17.6. The zero-order chi connectivity index (χ0) is 23.7. The molecule has 0 unspecified atom stereocenters. The Morgan fingerprint density at radius 2 is 2.18 bits per heavy atom. The number of nitrogens with one attached hydrogen (secondary N) is 1. The number of hydrogen-bond acceptors (Lipinski definition) is 7. The molecule has 0 saturated carbocycles. The summed E-state index contributed by atoms with van der Waals surface area (Å²) in [5.41, 5.74) is 1.44. The fraction of sp³-hybridized carbons (Fsp3) is 0.333. The Hall–Kier alpha value is -3.50. The molecule has 2 fully saturated rings. The van der Waals surface area contributed by atoms with Gasteiger partial charge in [-0.2, -0.15) is 0 Å². The van der Waals surface area contributed by atoms with E-state index in [1.165, 1.54) is 19.2 Å². The minimum Gasteiger partial charge on any atom is -0.496 e. The van der Waals surface area contributed by atoms with Gasteiger partial charge in [-0.05, 0) is 55.4 Å². The molecule has 9 nitrogen and oxygen atoms in total. The van der Waals surface area contributed by atoms with E-state index in [0.29, 0.717) is 34.5 Å². The molecule has 0 bridgehead atoms. The van der Waals surface area contributed by atoms with E-state index >= 15 is 0 Å². The highest BCUT2D eigenvalue weighted by Gasteiger charge is 2.43. The third-order valence-electron chi connectivity index (χ3n) is 6.20. The number of pyridine rings is 1. The molecule has 1 N–H and O–H groups in total. The fourth-order valence-corrected chi connectivity index (χ4v) is 4.89. The van der Waals surface area contributed by atoms with E-state index in [1.807, 2.05) is 30.3 Å². The predicted molar refractivity (Wildman–Crippen MR) is 128 cm³/mol. The Balaban J connectivity index is 1.51. The average molecular weight is 481 g/mol. The largest absolute Gasteiger partial charge is 0.496 e. The van der Waals surface area contributed by atoms with E-state index < -0.39 is 4.92 Å². The Morgan fingerprint density at radius 3 is 2.88 bits per heavy atom. The van der Waals surface area contributed by atoms with Gasteiger partial charge in [-0.3, -0.25) is 15.1 Å². The van der Waals surface area contributed by atoms with Crippen LogP contribution in [0.4, 0.5) is 5.69 Å². The number of benzene rings is 1. The molecule has 2 aromatic heterocycles. The highest BCUT2D eigenvalue weighted by atomic mass is 32.1. The zero-order valence-electron chi connectivity index (χ0n) is 18.5. The van der Waals surface area contributed by atoms with E-state index in [-0.39, 0.29) is 23.9 Å². The molecule has 1 aromatic carbocycles. The SMILES string of the molecule is COc1cc([N+](=O)[O-])ccc1-c1ccc([C@H]2[C@H](c3ccccn3)NC(=S)N2C[C@@H]2CCCO2)o1. The molecule has 2 saturated heterocycles. The lowest BCUT2D eigenvalue weighted by atomic mass is 10.0. The first-order chi connectivity index (χ1) is 16.5. The highest BCUT2D eigenvalue weighted by molar-refractivity contribution is 7.80. The molecular formula is C24H24N4O5S. The van der Waals surface area contributed by atoms with Gasteiger partial charge in [0, 0.05) is 25.4 Å². The number of non-ortho nitro benzene ring substituents is 1. The molecule has 5 rings (SSSR count). The second-order valence-corrected chi connectivity index (χ2v) is 8.64. The fourth-order valence-electron chi connectivity index (χ4n) is 4.57.